The number of nitrogens with zero attached hydrogens (tertiary/aromatic N) is 7. The van der Waals surface area contributed by atoms with Crippen molar-refractivity contribution in [1.29, 1.82) is 0 Å². The molecule has 1 N–H and O–H groups in total. The third-order valence-corrected chi connectivity index (χ3v) is 6.73. The standard InChI is InChI=1S/C28H30N8O3/c1-4-6-9-20-18-36(26-23(27(37)39-3)14-15-34(26)5-2)28(38)35(20)17-19-12-13-24(29-16-19)21-10-7-8-11-22(21)25-30-32-33-31-25/h7-8,10-16,18H,4-6,9,17H2,1-3H3,(H,30,31,32,33). The largest absolute Gasteiger partial charge is 0.465 e. The molecule has 0 atom stereocenters. The van der Waals surface area contributed by atoms with Crippen LogP contribution in [0.2, 0.25) is 0 Å². The number of aryl methyl sites for hydroxylation is 2. The summed E-state index contributed by atoms with van der Waals surface area (Å²) >= 11 is 0. The first-order valence-corrected chi connectivity index (χ1v) is 12.9. The molecule has 0 radical (unpaired) electrons. The van der Waals surface area contributed by atoms with Crippen LogP contribution in [0.5, 0.6) is 0 Å². The van der Waals surface area contributed by atoms with Crippen LogP contribution in [0.3, 0.4) is 0 Å². The minimum Gasteiger partial charge on any atom is -0.465 e. The van der Waals surface area contributed by atoms with E-state index in [1.807, 2.05) is 54.1 Å². The number of aromatic amines is 1. The van der Waals surface area contributed by atoms with Crippen LogP contribution < -0.4 is 5.69 Å². The zero-order chi connectivity index (χ0) is 27.4. The van der Waals surface area contributed by atoms with E-state index in [0.717, 1.165) is 47.3 Å². The number of esters is 1. The Kier molecular flexibility index (Phi) is 7.48. The maximum Gasteiger partial charge on any atom is 0.341 e. The summed E-state index contributed by atoms with van der Waals surface area (Å²) in [5.74, 6) is 0.596. The van der Waals surface area contributed by atoms with Crippen LogP contribution >= 0.6 is 0 Å². The van der Waals surface area contributed by atoms with Crippen molar-refractivity contribution in [2.75, 3.05) is 7.11 Å². The molecule has 0 fully saturated rings. The zero-order valence-corrected chi connectivity index (χ0v) is 22.2. The molecular weight excluding hydrogens is 496 g/mol. The van der Waals surface area contributed by atoms with Crippen LogP contribution in [0, 0.1) is 0 Å². The van der Waals surface area contributed by atoms with Crippen LogP contribution in [0.15, 0.2) is 65.8 Å². The summed E-state index contributed by atoms with van der Waals surface area (Å²) < 4.78 is 10.2. The van der Waals surface area contributed by atoms with Gasteiger partial charge in [-0.25, -0.2) is 14.7 Å². The Morgan fingerprint density at radius 2 is 1.90 bits per heavy atom. The molecule has 5 aromatic rings. The van der Waals surface area contributed by atoms with Gasteiger partial charge >= 0.3 is 11.7 Å². The Labute approximate surface area is 225 Å². The minimum absolute atomic E-state index is 0.216. The summed E-state index contributed by atoms with van der Waals surface area (Å²) in [6, 6.07) is 13.4. The van der Waals surface area contributed by atoms with Gasteiger partial charge in [-0.1, -0.05) is 43.7 Å². The van der Waals surface area contributed by atoms with Crippen LogP contribution in [-0.4, -0.2) is 52.4 Å². The highest BCUT2D eigenvalue weighted by Crippen LogP contribution is 2.28. The number of unbranched alkanes of at least 4 members (excludes halogenated alkanes) is 1. The number of imidazole rings is 1. The summed E-state index contributed by atoms with van der Waals surface area (Å²) in [5, 5.41) is 14.2. The molecule has 11 nitrogen and oxygen atoms in total. The Bertz CT molecular complexity index is 1630. The first-order chi connectivity index (χ1) is 19.0. The van der Waals surface area contributed by atoms with E-state index in [4.69, 9.17) is 9.72 Å². The lowest BCUT2D eigenvalue weighted by molar-refractivity contribution is 0.0600. The van der Waals surface area contributed by atoms with Crippen molar-refractivity contribution in [2.24, 2.45) is 0 Å². The van der Waals surface area contributed by atoms with Crippen LogP contribution in [-0.2, 0) is 24.2 Å². The smallest absolute Gasteiger partial charge is 0.341 e. The van der Waals surface area contributed by atoms with Crippen LogP contribution in [0.1, 0.15) is 48.3 Å². The predicted molar refractivity (Wildman–Crippen MR) is 146 cm³/mol. The van der Waals surface area contributed by atoms with Gasteiger partial charge in [0.05, 0.1) is 19.3 Å². The van der Waals surface area contributed by atoms with Gasteiger partial charge in [0, 0.05) is 42.0 Å². The number of aromatic nitrogens is 8. The monoisotopic (exact) mass is 526 g/mol. The zero-order valence-electron chi connectivity index (χ0n) is 22.2. The lowest BCUT2D eigenvalue weighted by Gasteiger charge is -2.10. The topological polar surface area (TPSA) is 126 Å². The maximum absolute atomic E-state index is 13.8. The number of hydrogen-bond acceptors (Lipinski definition) is 7. The average Bonchev–Trinajstić information content (AvgIpc) is 3.72. The van der Waals surface area contributed by atoms with Crippen molar-refractivity contribution >= 4 is 5.97 Å². The second-order valence-electron chi connectivity index (χ2n) is 9.14. The third-order valence-electron chi connectivity index (χ3n) is 6.73. The molecule has 0 aliphatic rings. The first-order valence-electron chi connectivity index (χ1n) is 12.9. The van der Waals surface area contributed by atoms with E-state index in [9.17, 15) is 9.59 Å². The van der Waals surface area contributed by atoms with E-state index in [1.54, 1.807) is 27.6 Å². The second-order valence-corrected chi connectivity index (χ2v) is 9.14. The lowest BCUT2D eigenvalue weighted by Crippen LogP contribution is -2.27. The molecule has 0 unspecified atom stereocenters. The number of ether oxygens (including phenoxy) is 1. The molecule has 11 heteroatoms. The van der Waals surface area contributed by atoms with Crippen LogP contribution in [0.4, 0.5) is 0 Å². The highest BCUT2D eigenvalue weighted by atomic mass is 16.5. The third kappa shape index (κ3) is 5.02. The maximum atomic E-state index is 13.8. The summed E-state index contributed by atoms with van der Waals surface area (Å²) in [7, 11) is 1.34. The normalized spacial score (nSPS) is 11.2. The van der Waals surface area contributed by atoms with Gasteiger partial charge in [-0.3, -0.25) is 14.1 Å². The van der Waals surface area contributed by atoms with Gasteiger partial charge in [-0.15, -0.1) is 5.10 Å². The number of methoxy groups -OCH3 is 1. The van der Waals surface area contributed by atoms with E-state index in [0.29, 0.717) is 30.3 Å². The number of rotatable bonds is 10. The highest BCUT2D eigenvalue weighted by molar-refractivity contribution is 5.93. The molecule has 39 heavy (non-hydrogen) atoms. The summed E-state index contributed by atoms with van der Waals surface area (Å²) in [5.41, 5.74) is 4.43. The molecule has 0 saturated carbocycles. The Hall–Kier alpha value is -4.80. The average molecular weight is 527 g/mol. The number of nitrogens with one attached hydrogen (secondary N) is 1. The molecule has 1 aromatic carbocycles. The van der Waals surface area contributed by atoms with Crippen molar-refractivity contribution in [3.63, 3.8) is 0 Å². The van der Waals surface area contributed by atoms with Gasteiger partial charge in [0.2, 0.25) is 0 Å². The molecule has 0 spiro atoms. The van der Waals surface area contributed by atoms with E-state index in [1.165, 1.54) is 7.11 Å². The fourth-order valence-electron chi connectivity index (χ4n) is 4.71. The van der Waals surface area contributed by atoms with E-state index < -0.39 is 5.97 Å². The van der Waals surface area contributed by atoms with Crippen molar-refractivity contribution in [1.82, 2.24) is 39.3 Å². The molecule has 0 saturated heterocycles. The lowest BCUT2D eigenvalue weighted by atomic mass is 10.0. The van der Waals surface area contributed by atoms with Gasteiger partial charge in [-0.05, 0) is 47.9 Å². The number of pyridine rings is 1. The van der Waals surface area contributed by atoms with Crippen molar-refractivity contribution in [3.05, 3.63) is 88.4 Å². The number of H-pyrrole nitrogens is 1. The van der Waals surface area contributed by atoms with E-state index in [2.05, 4.69) is 27.5 Å². The van der Waals surface area contributed by atoms with Gasteiger partial charge in [0.15, 0.2) is 5.82 Å². The number of benzene rings is 1. The van der Waals surface area contributed by atoms with Gasteiger partial charge < -0.3 is 9.30 Å². The van der Waals surface area contributed by atoms with E-state index >= 15 is 0 Å². The molecule has 0 aliphatic heterocycles. The summed E-state index contributed by atoms with van der Waals surface area (Å²) in [6.45, 7) is 5.04. The molecule has 4 aromatic heterocycles. The van der Waals surface area contributed by atoms with Gasteiger partial charge in [0.25, 0.3) is 0 Å². The minimum atomic E-state index is -0.479. The van der Waals surface area contributed by atoms with Gasteiger partial charge in [-0.2, -0.15) is 0 Å². The Balaban J connectivity index is 1.51. The van der Waals surface area contributed by atoms with Crippen molar-refractivity contribution in [3.8, 4) is 28.5 Å². The fraction of sp³-hybridized carbons (Fsp3) is 0.286. The SMILES string of the molecule is CCCCc1cn(-c2c(C(=O)OC)ccn2CC)c(=O)n1Cc1ccc(-c2ccccc2-c2nnn[nH]2)nc1. The molecule has 4 heterocycles. The number of carbonyl (C=O) groups is 1. The van der Waals surface area contributed by atoms with Gasteiger partial charge in [0.1, 0.15) is 11.4 Å². The fourth-order valence-corrected chi connectivity index (χ4v) is 4.71. The molecule has 0 bridgehead atoms. The predicted octanol–water partition coefficient (Wildman–Crippen LogP) is 3.88. The summed E-state index contributed by atoms with van der Waals surface area (Å²) in [6.07, 6.45) is 8.10. The van der Waals surface area contributed by atoms with E-state index in [-0.39, 0.29) is 5.69 Å². The Morgan fingerprint density at radius 3 is 2.56 bits per heavy atom. The number of hydrogen-bond donors (Lipinski definition) is 1. The molecular formula is C28H30N8O3. The highest BCUT2D eigenvalue weighted by Gasteiger charge is 2.22. The summed E-state index contributed by atoms with van der Waals surface area (Å²) in [4.78, 5) is 30.9. The first kappa shape index (κ1) is 25.8. The number of carbonyl (C=O) groups excluding carboxylic acids is 1. The van der Waals surface area contributed by atoms with Crippen LogP contribution in [0.25, 0.3) is 28.5 Å². The molecule has 200 valence electrons. The Morgan fingerprint density at radius 1 is 1.08 bits per heavy atom. The molecule has 0 aliphatic carbocycles. The number of tetrazole rings is 1. The molecule has 5 rings (SSSR count). The quantitative estimate of drug-likeness (QED) is 0.274. The molecule has 0 amide bonds. The van der Waals surface area contributed by atoms with Crippen molar-refractivity contribution in [2.45, 2.75) is 46.2 Å². The van der Waals surface area contributed by atoms with Crippen molar-refractivity contribution < 1.29 is 9.53 Å². The second kappa shape index (κ2) is 11.3.